The van der Waals surface area contributed by atoms with Crippen molar-refractivity contribution < 1.29 is 19.0 Å². The van der Waals surface area contributed by atoms with Gasteiger partial charge >= 0.3 is 6.09 Å². The molecule has 0 aromatic heterocycles. The summed E-state index contributed by atoms with van der Waals surface area (Å²) in [7, 11) is 0. The van der Waals surface area contributed by atoms with Gasteiger partial charge in [-0.25, -0.2) is 10.2 Å². The summed E-state index contributed by atoms with van der Waals surface area (Å²) in [4.78, 5) is 11.0. The highest BCUT2D eigenvalue weighted by molar-refractivity contribution is 5.82. The topological polar surface area (TPSA) is 69.2 Å². The van der Waals surface area contributed by atoms with Gasteiger partial charge in [-0.1, -0.05) is 0 Å². The number of amides is 1. The number of nitrogens with zero attached hydrogens (tertiary/aromatic N) is 1. The smallest absolute Gasteiger partial charge is 0.427 e. The molecule has 0 saturated carbocycles. The fourth-order valence-corrected chi connectivity index (χ4v) is 1.46. The molecule has 6 nitrogen and oxygen atoms in total. The van der Waals surface area contributed by atoms with E-state index in [9.17, 15) is 4.79 Å². The van der Waals surface area contributed by atoms with E-state index in [1.807, 2.05) is 6.07 Å². The maximum atomic E-state index is 11.0. The van der Waals surface area contributed by atoms with Crippen LogP contribution in [0.3, 0.4) is 0 Å². The van der Waals surface area contributed by atoms with E-state index in [-0.39, 0.29) is 0 Å². The Kier molecular flexibility index (Phi) is 4.01. The van der Waals surface area contributed by atoms with Crippen molar-refractivity contribution in [1.82, 2.24) is 5.43 Å². The third kappa shape index (κ3) is 3.13. The fourth-order valence-electron chi connectivity index (χ4n) is 1.46. The average molecular weight is 250 g/mol. The SMILES string of the molecule is CCOC(=O)NN=Cc1ccc2c(c1)OCCO2. The van der Waals surface area contributed by atoms with E-state index in [0.717, 1.165) is 11.3 Å². The molecule has 1 aromatic rings. The van der Waals surface area contributed by atoms with Crippen molar-refractivity contribution in [2.75, 3.05) is 19.8 Å². The molecule has 0 spiro atoms. The number of carbonyl (C=O) groups is 1. The molecule has 1 heterocycles. The van der Waals surface area contributed by atoms with Crippen LogP contribution in [0.25, 0.3) is 0 Å². The largest absolute Gasteiger partial charge is 0.486 e. The van der Waals surface area contributed by atoms with Gasteiger partial charge in [0.1, 0.15) is 13.2 Å². The van der Waals surface area contributed by atoms with E-state index in [0.29, 0.717) is 25.6 Å². The number of nitrogens with one attached hydrogen (secondary N) is 1. The molecule has 0 bridgehead atoms. The van der Waals surface area contributed by atoms with Crippen LogP contribution in [0.1, 0.15) is 12.5 Å². The second-order valence-electron chi connectivity index (χ2n) is 3.49. The minimum atomic E-state index is -0.578. The van der Waals surface area contributed by atoms with Crippen LogP contribution in [0.5, 0.6) is 11.5 Å². The van der Waals surface area contributed by atoms with Crippen molar-refractivity contribution in [3.8, 4) is 11.5 Å². The average Bonchev–Trinajstić information content (AvgIpc) is 2.39. The molecule has 1 aliphatic rings. The summed E-state index contributed by atoms with van der Waals surface area (Å²) >= 11 is 0. The summed E-state index contributed by atoms with van der Waals surface area (Å²) in [5, 5.41) is 3.76. The van der Waals surface area contributed by atoms with E-state index in [1.165, 1.54) is 6.21 Å². The van der Waals surface area contributed by atoms with Gasteiger partial charge < -0.3 is 14.2 Å². The predicted molar refractivity (Wildman–Crippen MR) is 65.2 cm³/mol. The summed E-state index contributed by atoms with van der Waals surface area (Å²) in [5.41, 5.74) is 3.05. The first-order chi connectivity index (χ1) is 8.79. The zero-order valence-corrected chi connectivity index (χ0v) is 10.0. The van der Waals surface area contributed by atoms with Crippen molar-refractivity contribution in [3.63, 3.8) is 0 Å². The molecular formula is C12H14N2O4. The molecule has 0 aliphatic carbocycles. The lowest BCUT2D eigenvalue weighted by molar-refractivity contribution is 0.152. The first kappa shape index (κ1) is 12.2. The summed E-state index contributed by atoms with van der Waals surface area (Å²) in [5.74, 6) is 1.40. The van der Waals surface area contributed by atoms with Crippen LogP contribution in [0.15, 0.2) is 23.3 Å². The van der Waals surface area contributed by atoms with Crippen molar-refractivity contribution >= 4 is 12.3 Å². The number of hydrogen-bond donors (Lipinski definition) is 1. The Labute approximate surface area is 105 Å². The van der Waals surface area contributed by atoms with Gasteiger partial charge in [0.25, 0.3) is 0 Å². The fraction of sp³-hybridized carbons (Fsp3) is 0.333. The van der Waals surface area contributed by atoms with Crippen molar-refractivity contribution in [2.24, 2.45) is 5.10 Å². The second kappa shape index (κ2) is 5.90. The van der Waals surface area contributed by atoms with Crippen LogP contribution in [0.4, 0.5) is 4.79 Å². The van der Waals surface area contributed by atoms with Gasteiger partial charge in [-0.3, -0.25) is 0 Å². The summed E-state index contributed by atoms with van der Waals surface area (Å²) < 4.78 is 15.5. The standard InChI is InChI=1S/C12H14N2O4/c1-2-16-12(15)14-13-8-9-3-4-10-11(7-9)18-6-5-17-10/h3-4,7-8H,2,5-6H2,1H3,(H,14,15). The Bertz CT molecular complexity index is 459. The molecular weight excluding hydrogens is 236 g/mol. The first-order valence-electron chi connectivity index (χ1n) is 5.65. The number of ether oxygens (including phenoxy) is 3. The summed E-state index contributed by atoms with van der Waals surface area (Å²) in [6, 6.07) is 5.43. The number of carbonyl (C=O) groups excluding carboxylic acids is 1. The number of benzene rings is 1. The van der Waals surface area contributed by atoms with Crippen LogP contribution >= 0.6 is 0 Å². The zero-order chi connectivity index (χ0) is 12.8. The molecule has 2 rings (SSSR count). The van der Waals surface area contributed by atoms with Crippen molar-refractivity contribution in [3.05, 3.63) is 23.8 Å². The molecule has 1 amide bonds. The Balaban J connectivity index is 1.97. The molecule has 0 unspecified atom stereocenters. The van der Waals surface area contributed by atoms with Crippen LogP contribution in [-0.2, 0) is 4.74 Å². The lowest BCUT2D eigenvalue weighted by atomic mass is 10.2. The highest BCUT2D eigenvalue weighted by atomic mass is 16.6. The van der Waals surface area contributed by atoms with Crippen LogP contribution in [0, 0.1) is 0 Å². The Morgan fingerprint density at radius 3 is 3.00 bits per heavy atom. The number of hydrazone groups is 1. The van der Waals surface area contributed by atoms with Crippen LogP contribution in [-0.4, -0.2) is 32.1 Å². The normalized spacial score (nSPS) is 13.4. The molecule has 0 radical (unpaired) electrons. The summed E-state index contributed by atoms with van der Waals surface area (Å²) in [6.07, 6.45) is 0.932. The molecule has 18 heavy (non-hydrogen) atoms. The summed E-state index contributed by atoms with van der Waals surface area (Å²) in [6.45, 7) is 3.13. The van der Waals surface area contributed by atoms with E-state index >= 15 is 0 Å². The Morgan fingerprint density at radius 2 is 2.22 bits per heavy atom. The Hall–Kier alpha value is -2.24. The quantitative estimate of drug-likeness (QED) is 0.652. The van der Waals surface area contributed by atoms with Gasteiger partial charge in [0, 0.05) is 0 Å². The maximum Gasteiger partial charge on any atom is 0.427 e. The van der Waals surface area contributed by atoms with E-state index in [4.69, 9.17) is 9.47 Å². The minimum Gasteiger partial charge on any atom is -0.486 e. The highest BCUT2D eigenvalue weighted by Gasteiger charge is 2.10. The molecule has 6 heteroatoms. The van der Waals surface area contributed by atoms with E-state index in [2.05, 4.69) is 15.3 Å². The zero-order valence-electron chi connectivity index (χ0n) is 10.0. The molecule has 96 valence electrons. The van der Waals surface area contributed by atoms with Crippen molar-refractivity contribution in [1.29, 1.82) is 0 Å². The minimum absolute atomic E-state index is 0.311. The molecule has 0 fully saturated rings. The maximum absolute atomic E-state index is 11.0. The van der Waals surface area contributed by atoms with Crippen LogP contribution in [0.2, 0.25) is 0 Å². The van der Waals surface area contributed by atoms with Gasteiger partial charge in [-0.15, -0.1) is 0 Å². The van der Waals surface area contributed by atoms with Gasteiger partial charge in [-0.2, -0.15) is 5.10 Å². The van der Waals surface area contributed by atoms with E-state index in [1.54, 1.807) is 19.1 Å². The number of rotatable bonds is 3. The molecule has 0 atom stereocenters. The highest BCUT2D eigenvalue weighted by Crippen LogP contribution is 2.30. The predicted octanol–water partition coefficient (Wildman–Crippen LogP) is 1.54. The third-order valence-electron chi connectivity index (χ3n) is 2.21. The third-order valence-corrected chi connectivity index (χ3v) is 2.21. The number of hydrogen-bond acceptors (Lipinski definition) is 5. The van der Waals surface area contributed by atoms with Gasteiger partial charge in [0.15, 0.2) is 11.5 Å². The lowest BCUT2D eigenvalue weighted by Gasteiger charge is -2.18. The molecule has 0 saturated heterocycles. The second-order valence-corrected chi connectivity index (χ2v) is 3.49. The van der Waals surface area contributed by atoms with Gasteiger partial charge in [0.2, 0.25) is 0 Å². The Morgan fingerprint density at radius 1 is 1.44 bits per heavy atom. The molecule has 1 aromatic carbocycles. The monoisotopic (exact) mass is 250 g/mol. The molecule has 1 N–H and O–H groups in total. The lowest BCUT2D eigenvalue weighted by Crippen LogP contribution is -2.18. The van der Waals surface area contributed by atoms with Gasteiger partial charge in [-0.05, 0) is 30.7 Å². The van der Waals surface area contributed by atoms with Crippen molar-refractivity contribution in [2.45, 2.75) is 6.92 Å². The van der Waals surface area contributed by atoms with E-state index < -0.39 is 6.09 Å². The van der Waals surface area contributed by atoms with Crippen LogP contribution < -0.4 is 14.9 Å². The van der Waals surface area contributed by atoms with Gasteiger partial charge in [0.05, 0.1) is 12.8 Å². The first-order valence-corrected chi connectivity index (χ1v) is 5.65. The number of fused-ring (bicyclic) bond motifs is 1. The molecule has 1 aliphatic heterocycles.